The van der Waals surface area contributed by atoms with Gasteiger partial charge in [0.05, 0.1) is 5.60 Å². The number of nitrogens with one attached hydrogen (secondary N) is 1. The molecule has 21 heavy (non-hydrogen) atoms. The Hall–Kier alpha value is -1.10. The Labute approximate surface area is 128 Å². The van der Waals surface area contributed by atoms with Gasteiger partial charge in [0.1, 0.15) is 18.5 Å². The largest absolute Gasteiger partial charge is 0.491 e. The topological polar surface area (TPSA) is 61.7 Å². The van der Waals surface area contributed by atoms with E-state index in [1.807, 2.05) is 32.0 Å². The Morgan fingerprint density at radius 1 is 1.33 bits per heavy atom. The van der Waals surface area contributed by atoms with Gasteiger partial charge >= 0.3 is 0 Å². The van der Waals surface area contributed by atoms with Crippen molar-refractivity contribution in [2.75, 3.05) is 19.7 Å². The van der Waals surface area contributed by atoms with Crippen LogP contribution in [0.3, 0.4) is 0 Å². The van der Waals surface area contributed by atoms with Gasteiger partial charge in [0.15, 0.2) is 0 Å². The minimum atomic E-state index is -0.717. The van der Waals surface area contributed by atoms with Crippen molar-refractivity contribution in [3.05, 3.63) is 29.8 Å². The second-order valence-electron chi connectivity index (χ2n) is 5.84. The van der Waals surface area contributed by atoms with Crippen molar-refractivity contribution < 1.29 is 14.9 Å². The van der Waals surface area contributed by atoms with Crippen LogP contribution in [0.2, 0.25) is 0 Å². The van der Waals surface area contributed by atoms with Crippen molar-refractivity contribution >= 4 is 0 Å². The van der Waals surface area contributed by atoms with Crippen molar-refractivity contribution in [3.8, 4) is 5.75 Å². The molecular formula is C17H29NO3. The van der Waals surface area contributed by atoms with Crippen LogP contribution in [-0.2, 0) is 6.42 Å². The lowest BCUT2D eigenvalue weighted by molar-refractivity contribution is 0.0427. The number of aliphatic hydroxyl groups is 2. The van der Waals surface area contributed by atoms with Gasteiger partial charge in [-0.2, -0.15) is 0 Å². The molecule has 0 fully saturated rings. The van der Waals surface area contributed by atoms with Crippen molar-refractivity contribution in [2.24, 2.45) is 0 Å². The smallest absolute Gasteiger partial charge is 0.119 e. The van der Waals surface area contributed by atoms with Crippen LogP contribution in [0.25, 0.3) is 0 Å². The number of rotatable bonds is 10. The molecule has 0 spiro atoms. The molecule has 2 atom stereocenters. The van der Waals surface area contributed by atoms with E-state index in [1.54, 1.807) is 0 Å². The van der Waals surface area contributed by atoms with Crippen LogP contribution in [0.15, 0.2) is 24.3 Å². The summed E-state index contributed by atoms with van der Waals surface area (Å²) in [6.07, 6.45) is 2.06. The first-order valence-electron chi connectivity index (χ1n) is 7.79. The summed E-state index contributed by atoms with van der Waals surface area (Å²) in [4.78, 5) is 0. The van der Waals surface area contributed by atoms with E-state index in [-0.39, 0.29) is 6.61 Å². The molecule has 0 amide bonds. The van der Waals surface area contributed by atoms with Gasteiger partial charge in [0, 0.05) is 13.1 Å². The Morgan fingerprint density at radius 3 is 2.76 bits per heavy atom. The van der Waals surface area contributed by atoms with E-state index < -0.39 is 11.7 Å². The van der Waals surface area contributed by atoms with E-state index in [1.165, 1.54) is 5.56 Å². The number of aliphatic hydroxyl groups excluding tert-OH is 1. The fraction of sp³-hybridized carbons (Fsp3) is 0.647. The van der Waals surface area contributed by atoms with E-state index in [4.69, 9.17) is 4.74 Å². The van der Waals surface area contributed by atoms with Gasteiger partial charge in [-0.1, -0.05) is 32.4 Å². The molecule has 120 valence electrons. The lowest BCUT2D eigenvalue weighted by atomic mass is 10.0. The van der Waals surface area contributed by atoms with Crippen LogP contribution in [0.1, 0.15) is 39.2 Å². The number of benzene rings is 1. The van der Waals surface area contributed by atoms with Crippen molar-refractivity contribution in [1.82, 2.24) is 5.32 Å². The molecule has 1 aromatic rings. The van der Waals surface area contributed by atoms with Crippen LogP contribution < -0.4 is 10.1 Å². The summed E-state index contributed by atoms with van der Waals surface area (Å²) in [5, 5.41) is 23.0. The quantitative estimate of drug-likeness (QED) is 0.619. The van der Waals surface area contributed by atoms with Gasteiger partial charge in [0.2, 0.25) is 0 Å². The van der Waals surface area contributed by atoms with E-state index >= 15 is 0 Å². The molecule has 0 saturated carbocycles. The zero-order valence-electron chi connectivity index (χ0n) is 13.4. The molecule has 4 nitrogen and oxygen atoms in total. The minimum absolute atomic E-state index is 0.246. The molecule has 0 aliphatic heterocycles. The predicted molar refractivity (Wildman–Crippen MR) is 85.7 cm³/mol. The van der Waals surface area contributed by atoms with Crippen LogP contribution in [-0.4, -0.2) is 41.6 Å². The molecule has 1 aromatic carbocycles. The molecule has 0 radical (unpaired) electrons. The van der Waals surface area contributed by atoms with E-state index in [9.17, 15) is 10.2 Å². The second-order valence-corrected chi connectivity index (χ2v) is 5.84. The molecule has 4 heteroatoms. The van der Waals surface area contributed by atoms with Crippen LogP contribution in [0, 0.1) is 0 Å². The van der Waals surface area contributed by atoms with Gasteiger partial charge in [-0.3, -0.25) is 0 Å². The second kappa shape index (κ2) is 9.03. The Kier molecular flexibility index (Phi) is 7.72. The molecule has 0 aromatic heterocycles. The Balaban J connectivity index is 2.26. The summed E-state index contributed by atoms with van der Waals surface area (Å²) in [5.41, 5.74) is 0.501. The van der Waals surface area contributed by atoms with Crippen molar-refractivity contribution in [2.45, 2.75) is 51.7 Å². The maximum absolute atomic E-state index is 10.0. The first-order valence-corrected chi connectivity index (χ1v) is 7.79. The summed E-state index contributed by atoms with van der Waals surface area (Å²) >= 11 is 0. The van der Waals surface area contributed by atoms with Crippen molar-refractivity contribution in [3.63, 3.8) is 0 Å². The molecule has 2 unspecified atom stereocenters. The minimum Gasteiger partial charge on any atom is -0.491 e. The third-order valence-corrected chi connectivity index (χ3v) is 3.42. The highest BCUT2D eigenvalue weighted by atomic mass is 16.5. The number of aryl methyl sites for hydroxylation is 1. The van der Waals surface area contributed by atoms with Gasteiger partial charge in [-0.25, -0.2) is 0 Å². The van der Waals surface area contributed by atoms with E-state index in [2.05, 4.69) is 18.3 Å². The highest BCUT2D eigenvalue weighted by Crippen LogP contribution is 2.14. The molecule has 0 saturated heterocycles. The zero-order chi connectivity index (χ0) is 15.7. The van der Waals surface area contributed by atoms with Gasteiger partial charge in [0.25, 0.3) is 0 Å². The summed E-state index contributed by atoms with van der Waals surface area (Å²) in [5.74, 6) is 0.784. The fourth-order valence-corrected chi connectivity index (χ4v) is 2.24. The molecular weight excluding hydrogens is 266 g/mol. The molecule has 0 aliphatic rings. The fourth-order valence-electron chi connectivity index (χ4n) is 2.24. The molecule has 0 heterocycles. The lowest BCUT2D eigenvalue weighted by Gasteiger charge is -2.24. The first kappa shape index (κ1) is 18.0. The normalized spacial score (nSPS) is 15.5. The number of hydrogen-bond donors (Lipinski definition) is 3. The molecule has 0 bridgehead atoms. The SMILES string of the molecule is CCCC(C)(O)CNCC(O)COc1cccc(CC)c1. The summed E-state index contributed by atoms with van der Waals surface area (Å²) in [7, 11) is 0. The summed E-state index contributed by atoms with van der Waals surface area (Å²) in [6, 6.07) is 7.90. The van der Waals surface area contributed by atoms with Crippen LogP contribution >= 0.6 is 0 Å². The van der Waals surface area contributed by atoms with Crippen LogP contribution in [0.4, 0.5) is 0 Å². The molecule has 0 aliphatic carbocycles. The number of ether oxygens (including phenoxy) is 1. The lowest BCUT2D eigenvalue weighted by Crippen LogP contribution is -2.41. The summed E-state index contributed by atoms with van der Waals surface area (Å²) in [6.45, 7) is 7.08. The Morgan fingerprint density at radius 2 is 2.10 bits per heavy atom. The monoisotopic (exact) mass is 295 g/mol. The average Bonchev–Trinajstić information content (AvgIpc) is 2.45. The molecule has 1 rings (SSSR count). The molecule has 3 N–H and O–H groups in total. The Bertz CT molecular complexity index is 407. The third kappa shape index (κ3) is 7.46. The van der Waals surface area contributed by atoms with Crippen LogP contribution in [0.5, 0.6) is 5.75 Å². The third-order valence-electron chi connectivity index (χ3n) is 3.42. The number of hydrogen-bond acceptors (Lipinski definition) is 4. The van der Waals surface area contributed by atoms with Crippen molar-refractivity contribution in [1.29, 1.82) is 0 Å². The zero-order valence-corrected chi connectivity index (χ0v) is 13.4. The standard InChI is InChI=1S/C17H29NO3/c1-4-9-17(3,20)13-18-11-15(19)12-21-16-8-6-7-14(5-2)10-16/h6-8,10,15,18-20H,4-5,9,11-13H2,1-3H3. The van der Waals surface area contributed by atoms with E-state index in [0.717, 1.165) is 25.0 Å². The highest BCUT2D eigenvalue weighted by Gasteiger charge is 2.18. The van der Waals surface area contributed by atoms with Gasteiger partial charge < -0.3 is 20.3 Å². The predicted octanol–water partition coefficient (Wildman–Crippen LogP) is 2.13. The average molecular weight is 295 g/mol. The van der Waals surface area contributed by atoms with Gasteiger partial charge in [-0.05, 0) is 37.5 Å². The van der Waals surface area contributed by atoms with E-state index in [0.29, 0.717) is 13.1 Å². The highest BCUT2D eigenvalue weighted by molar-refractivity contribution is 5.28. The summed E-state index contributed by atoms with van der Waals surface area (Å²) < 4.78 is 5.59. The maximum Gasteiger partial charge on any atom is 0.119 e. The first-order chi connectivity index (χ1) is 9.96. The van der Waals surface area contributed by atoms with Gasteiger partial charge in [-0.15, -0.1) is 0 Å². The maximum atomic E-state index is 10.0.